The quantitative estimate of drug-likeness (QED) is 0.882. The molecule has 0 radical (unpaired) electrons. The van der Waals surface area contributed by atoms with Gasteiger partial charge in [0, 0.05) is 33.8 Å². The van der Waals surface area contributed by atoms with Crippen LogP contribution in [0.15, 0.2) is 27.6 Å². The third-order valence-corrected chi connectivity index (χ3v) is 5.25. The number of aryl methyl sites for hydroxylation is 1. The molecule has 1 rings (SSSR count). The predicted molar refractivity (Wildman–Crippen MR) is 73.0 cm³/mol. The van der Waals surface area contributed by atoms with E-state index in [0.29, 0.717) is 5.75 Å². The maximum atomic E-state index is 11.9. The van der Waals surface area contributed by atoms with Crippen LogP contribution in [0.3, 0.4) is 0 Å². The van der Waals surface area contributed by atoms with E-state index >= 15 is 0 Å². The summed E-state index contributed by atoms with van der Waals surface area (Å²) in [7, 11) is -4.50. The van der Waals surface area contributed by atoms with E-state index in [2.05, 4.69) is 20.7 Å². The highest BCUT2D eigenvalue weighted by Gasteiger charge is 2.14. The highest BCUT2D eigenvalue weighted by atomic mass is 79.9. The van der Waals surface area contributed by atoms with Gasteiger partial charge in [-0.15, -0.1) is 0 Å². The minimum atomic E-state index is -3.50. The highest BCUT2D eigenvalue weighted by Crippen LogP contribution is 2.19. The second kappa shape index (κ2) is 6.08. The van der Waals surface area contributed by atoms with Crippen molar-refractivity contribution in [2.75, 3.05) is 18.6 Å². The third kappa shape index (κ3) is 4.50. The molecule has 0 fully saturated rings. The zero-order valence-corrected chi connectivity index (χ0v) is 12.8. The third-order valence-electron chi connectivity index (χ3n) is 2.12. The average Bonchev–Trinajstić information content (AvgIpc) is 2.21. The van der Waals surface area contributed by atoms with Crippen molar-refractivity contribution < 1.29 is 12.6 Å². The molecule has 1 aromatic carbocycles. The van der Waals surface area contributed by atoms with Gasteiger partial charge in [0.15, 0.2) is 0 Å². The van der Waals surface area contributed by atoms with Crippen molar-refractivity contribution in [1.29, 1.82) is 0 Å². The van der Waals surface area contributed by atoms with Gasteiger partial charge in [-0.1, -0.05) is 15.9 Å². The molecule has 0 aliphatic carbocycles. The predicted octanol–water partition coefficient (Wildman–Crippen LogP) is 1.41. The van der Waals surface area contributed by atoms with Crippen LogP contribution in [0.2, 0.25) is 0 Å². The molecule has 96 valence electrons. The number of benzene rings is 1. The summed E-state index contributed by atoms with van der Waals surface area (Å²) in [6.07, 6.45) is 1.54. The molecule has 0 aromatic heterocycles. The Morgan fingerprint density at radius 1 is 1.41 bits per heavy atom. The Bertz CT molecular complexity index is 528. The number of sulfonamides is 1. The van der Waals surface area contributed by atoms with Gasteiger partial charge in [-0.2, -0.15) is 0 Å². The molecule has 4 nitrogen and oxygen atoms in total. The van der Waals surface area contributed by atoms with Crippen LogP contribution in [0.5, 0.6) is 0 Å². The SMILES string of the molecule is Cc1cc(S(=O)(=O)NCCS(C)=O)ccc1Br. The summed E-state index contributed by atoms with van der Waals surface area (Å²) in [5.41, 5.74) is 0.854. The van der Waals surface area contributed by atoms with E-state index in [4.69, 9.17) is 0 Å². The summed E-state index contributed by atoms with van der Waals surface area (Å²) < 4.78 is 37.8. The standard InChI is InChI=1S/C10H14BrNO3S2/c1-8-7-9(3-4-10(8)11)17(14,15)12-5-6-16(2)13/h3-4,7,12H,5-6H2,1-2H3. The van der Waals surface area contributed by atoms with Gasteiger partial charge in [0.1, 0.15) is 0 Å². The molecule has 0 saturated carbocycles. The summed E-state index contributed by atoms with van der Waals surface area (Å²) in [6, 6.07) is 4.82. The normalized spacial score (nSPS) is 13.6. The van der Waals surface area contributed by atoms with Crippen molar-refractivity contribution in [1.82, 2.24) is 4.72 Å². The maximum Gasteiger partial charge on any atom is 0.240 e. The van der Waals surface area contributed by atoms with Crippen LogP contribution in [0.1, 0.15) is 5.56 Å². The topological polar surface area (TPSA) is 63.2 Å². The van der Waals surface area contributed by atoms with Crippen molar-refractivity contribution >= 4 is 36.8 Å². The number of hydrogen-bond donors (Lipinski definition) is 1. The number of nitrogens with one attached hydrogen (secondary N) is 1. The van der Waals surface area contributed by atoms with Gasteiger partial charge >= 0.3 is 0 Å². The van der Waals surface area contributed by atoms with Crippen molar-refractivity contribution in [3.8, 4) is 0 Å². The summed E-state index contributed by atoms with van der Waals surface area (Å²) in [5.74, 6) is 0.314. The lowest BCUT2D eigenvalue weighted by molar-refractivity contribution is 0.584. The van der Waals surface area contributed by atoms with Crippen LogP contribution in [0, 0.1) is 6.92 Å². The van der Waals surface area contributed by atoms with Crippen LogP contribution in [-0.4, -0.2) is 31.2 Å². The Morgan fingerprint density at radius 2 is 2.06 bits per heavy atom. The molecule has 0 aliphatic rings. The highest BCUT2D eigenvalue weighted by molar-refractivity contribution is 9.10. The minimum Gasteiger partial charge on any atom is -0.260 e. The molecule has 0 aliphatic heterocycles. The monoisotopic (exact) mass is 339 g/mol. The molecule has 0 bridgehead atoms. The number of halogens is 1. The molecule has 17 heavy (non-hydrogen) atoms. The Labute approximate surface area is 112 Å². The average molecular weight is 340 g/mol. The molecule has 1 atom stereocenters. The second-order valence-electron chi connectivity index (χ2n) is 3.59. The molecule has 0 amide bonds. The summed E-state index contributed by atoms with van der Waals surface area (Å²) in [5, 5.41) is 0. The van der Waals surface area contributed by atoms with Crippen LogP contribution < -0.4 is 4.72 Å². The van der Waals surface area contributed by atoms with Gasteiger partial charge in [0.25, 0.3) is 0 Å². The van der Waals surface area contributed by atoms with E-state index in [1.54, 1.807) is 12.1 Å². The lowest BCUT2D eigenvalue weighted by Crippen LogP contribution is -2.27. The van der Waals surface area contributed by atoms with Crippen molar-refractivity contribution in [2.24, 2.45) is 0 Å². The Hall–Kier alpha value is -0.240. The molecular weight excluding hydrogens is 326 g/mol. The first-order valence-electron chi connectivity index (χ1n) is 4.89. The van der Waals surface area contributed by atoms with Gasteiger partial charge in [0.05, 0.1) is 4.90 Å². The van der Waals surface area contributed by atoms with E-state index in [0.717, 1.165) is 10.0 Å². The fourth-order valence-electron chi connectivity index (χ4n) is 1.19. The summed E-state index contributed by atoms with van der Waals surface area (Å²) >= 11 is 3.31. The van der Waals surface area contributed by atoms with E-state index < -0.39 is 20.8 Å². The molecule has 0 spiro atoms. The lowest BCUT2D eigenvalue weighted by atomic mass is 10.2. The van der Waals surface area contributed by atoms with Gasteiger partial charge in [-0.05, 0) is 30.7 Å². The molecule has 1 aromatic rings. The van der Waals surface area contributed by atoms with Crippen molar-refractivity contribution in [3.63, 3.8) is 0 Å². The number of rotatable bonds is 5. The van der Waals surface area contributed by atoms with Crippen molar-refractivity contribution in [2.45, 2.75) is 11.8 Å². The molecule has 1 N–H and O–H groups in total. The summed E-state index contributed by atoms with van der Waals surface area (Å²) in [6.45, 7) is 2.00. The van der Waals surface area contributed by atoms with Crippen LogP contribution >= 0.6 is 15.9 Å². The molecule has 7 heteroatoms. The van der Waals surface area contributed by atoms with Crippen LogP contribution in [-0.2, 0) is 20.8 Å². The smallest absolute Gasteiger partial charge is 0.240 e. The number of hydrogen-bond acceptors (Lipinski definition) is 3. The van der Waals surface area contributed by atoms with E-state index in [-0.39, 0.29) is 11.4 Å². The zero-order valence-electron chi connectivity index (χ0n) is 9.57. The summed E-state index contributed by atoms with van der Waals surface area (Å²) in [4.78, 5) is 0.222. The van der Waals surface area contributed by atoms with E-state index in [9.17, 15) is 12.6 Å². The molecule has 0 heterocycles. The van der Waals surface area contributed by atoms with E-state index in [1.807, 2.05) is 6.92 Å². The van der Waals surface area contributed by atoms with Gasteiger partial charge in [0.2, 0.25) is 10.0 Å². The first-order valence-corrected chi connectivity index (χ1v) is 8.89. The second-order valence-corrected chi connectivity index (χ2v) is 7.76. The maximum absolute atomic E-state index is 11.9. The lowest BCUT2D eigenvalue weighted by Gasteiger charge is -2.07. The Kier molecular flexibility index (Phi) is 5.30. The fourth-order valence-corrected chi connectivity index (χ4v) is 3.07. The first-order chi connectivity index (χ1) is 7.83. The van der Waals surface area contributed by atoms with Crippen LogP contribution in [0.4, 0.5) is 0 Å². The van der Waals surface area contributed by atoms with Gasteiger partial charge in [-0.3, -0.25) is 4.21 Å². The largest absolute Gasteiger partial charge is 0.260 e. The first kappa shape index (κ1) is 14.8. The van der Waals surface area contributed by atoms with Gasteiger partial charge in [-0.25, -0.2) is 13.1 Å². The van der Waals surface area contributed by atoms with Crippen molar-refractivity contribution in [3.05, 3.63) is 28.2 Å². The van der Waals surface area contributed by atoms with Crippen LogP contribution in [0.25, 0.3) is 0 Å². The Morgan fingerprint density at radius 3 is 2.59 bits per heavy atom. The zero-order chi connectivity index (χ0) is 13.1. The molecular formula is C10H14BrNO3S2. The minimum absolute atomic E-state index is 0.181. The molecule has 0 saturated heterocycles. The Balaban J connectivity index is 2.82. The van der Waals surface area contributed by atoms with Gasteiger partial charge < -0.3 is 0 Å². The molecule has 1 unspecified atom stereocenters. The fraction of sp³-hybridized carbons (Fsp3) is 0.400. The van der Waals surface area contributed by atoms with E-state index in [1.165, 1.54) is 12.3 Å².